The molecule has 1 aromatic heterocycles. The molecule has 0 spiro atoms. The van der Waals surface area contributed by atoms with Crippen molar-refractivity contribution in [3.05, 3.63) is 33.7 Å². The van der Waals surface area contributed by atoms with Gasteiger partial charge in [0.05, 0.1) is 6.61 Å². The topological polar surface area (TPSA) is 31.2 Å². The van der Waals surface area contributed by atoms with Crippen molar-refractivity contribution in [3.63, 3.8) is 0 Å². The first-order valence-corrected chi connectivity index (χ1v) is 3.80. The van der Waals surface area contributed by atoms with Crippen LogP contribution in [0, 0.1) is 6.92 Å². The maximum atomic E-state index is 11.2. The van der Waals surface area contributed by atoms with Gasteiger partial charge < -0.3 is 9.30 Å². The highest BCUT2D eigenvalue weighted by atomic mass is 16.5. The molecule has 0 N–H and O–H groups in total. The zero-order valence-corrected chi connectivity index (χ0v) is 7.63. The molecule has 0 aromatic carbocycles. The summed E-state index contributed by atoms with van der Waals surface area (Å²) in [5.41, 5.74) is 1.83. The van der Waals surface area contributed by atoms with Crippen molar-refractivity contribution in [3.8, 4) is 0 Å². The summed E-state index contributed by atoms with van der Waals surface area (Å²) in [5.74, 6) is 0. The van der Waals surface area contributed by atoms with E-state index in [1.807, 2.05) is 13.0 Å². The fourth-order valence-corrected chi connectivity index (χ4v) is 1.21. The molecule has 1 heterocycles. The van der Waals surface area contributed by atoms with E-state index in [0.717, 1.165) is 11.1 Å². The number of aromatic nitrogens is 1. The molecule has 0 aliphatic carbocycles. The molecule has 0 bridgehead atoms. The van der Waals surface area contributed by atoms with E-state index in [1.54, 1.807) is 24.9 Å². The van der Waals surface area contributed by atoms with Crippen molar-refractivity contribution >= 4 is 0 Å². The van der Waals surface area contributed by atoms with Crippen molar-refractivity contribution in [2.75, 3.05) is 7.11 Å². The minimum atomic E-state index is 0.0508. The van der Waals surface area contributed by atoms with Gasteiger partial charge in [0, 0.05) is 25.9 Å². The van der Waals surface area contributed by atoms with Gasteiger partial charge in [-0.25, -0.2) is 0 Å². The van der Waals surface area contributed by atoms with E-state index in [0.29, 0.717) is 6.61 Å². The van der Waals surface area contributed by atoms with Gasteiger partial charge in [-0.3, -0.25) is 4.79 Å². The monoisotopic (exact) mass is 167 g/mol. The predicted molar refractivity (Wildman–Crippen MR) is 47.1 cm³/mol. The Morgan fingerprint density at radius 3 is 2.75 bits per heavy atom. The van der Waals surface area contributed by atoms with E-state index in [9.17, 15) is 4.79 Å². The van der Waals surface area contributed by atoms with Crippen LogP contribution in [0.2, 0.25) is 0 Å². The molecule has 3 heteroatoms. The zero-order valence-electron chi connectivity index (χ0n) is 7.63. The highest BCUT2D eigenvalue weighted by molar-refractivity contribution is 5.17. The molecule has 12 heavy (non-hydrogen) atoms. The van der Waals surface area contributed by atoms with Gasteiger partial charge in [-0.2, -0.15) is 0 Å². The number of aryl methyl sites for hydroxylation is 2. The van der Waals surface area contributed by atoms with Gasteiger partial charge in [0.15, 0.2) is 0 Å². The maximum Gasteiger partial charge on any atom is 0.253 e. The summed E-state index contributed by atoms with van der Waals surface area (Å²) in [6, 6.07) is 1.85. The van der Waals surface area contributed by atoms with Gasteiger partial charge in [-0.15, -0.1) is 0 Å². The number of ether oxygens (including phenoxy) is 1. The molecule has 0 fully saturated rings. The molecular weight excluding hydrogens is 154 g/mol. The molecule has 66 valence electrons. The molecule has 0 saturated heterocycles. The van der Waals surface area contributed by atoms with Crippen LogP contribution in [0.15, 0.2) is 17.1 Å². The normalized spacial score (nSPS) is 10.2. The molecule has 0 amide bonds. The lowest BCUT2D eigenvalue weighted by atomic mass is 10.2. The first-order valence-electron chi connectivity index (χ1n) is 3.80. The van der Waals surface area contributed by atoms with Crippen molar-refractivity contribution in [1.29, 1.82) is 0 Å². The average Bonchev–Trinajstić information content (AvgIpc) is 2.01. The fraction of sp³-hybridized carbons (Fsp3) is 0.444. The lowest BCUT2D eigenvalue weighted by Gasteiger charge is -2.04. The van der Waals surface area contributed by atoms with Crippen LogP contribution in [0.1, 0.15) is 11.1 Å². The highest BCUT2D eigenvalue weighted by Gasteiger charge is 1.98. The third-order valence-corrected chi connectivity index (χ3v) is 1.73. The van der Waals surface area contributed by atoms with E-state index >= 15 is 0 Å². The van der Waals surface area contributed by atoms with E-state index in [2.05, 4.69) is 0 Å². The summed E-state index contributed by atoms with van der Waals surface area (Å²) < 4.78 is 6.54. The number of nitrogens with zero attached hydrogens (tertiary/aromatic N) is 1. The summed E-state index contributed by atoms with van der Waals surface area (Å²) in [6.07, 6.45) is 1.79. The zero-order chi connectivity index (χ0) is 9.14. The Hall–Kier alpha value is -1.09. The van der Waals surface area contributed by atoms with Gasteiger partial charge in [0.2, 0.25) is 0 Å². The average molecular weight is 167 g/mol. The van der Waals surface area contributed by atoms with Crippen molar-refractivity contribution < 1.29 is 4.74 Å². The van der Waals surface area contributed by atoms with E-state index < -0.39 is 0 Å². The second-order valence-electron chi connectivity index (χ2n) is 2.88. The Balaban J connectivity index is 3.13. The summed E-state index contributed by atoms with van der Waals surface area (Å²) in [7, 11) is 3.38. The van der Waals surface area contributed by atoms with E-state index in [1.165, 1.54) is 0 Å². The number of hydrogen-bond donors (Lipinski definition) is 0. The molecule has 1 rings (SSSR count). The van der Waals surface area contributed by atoms with Crippen LogP contribution in [-0.2, 0) is 18.4 Å². The number of rotatable bonds is 2. The van der Waals surface area contributed by atoms with Crippen molar-refractivity contribution in [1.82, 2.24) is 4.57 Å². The second kappa shape index (κ2) is 3.54. The lowest BCUT2D eigenvalue weighted by molar-refractivity contribution is 0.184. The molecule has 0 atom stereocenters. The SMILES string of the molecule is COCc1cc(C)c(=O)n(C)c1. The molecule has 1 aromatic rings. The minimum Gasteiger partial charge on any atom is -0.380 e. The van der Waals surface area contributed by atoms with Crippen LogP contribution >= 0.6 is 0 Å². The fourth-order valence-electron chi connectivity index (χ4n) is 1.21. The Bertz CT molecular complexity index is 302. The summed E-state index contributed by atoms with van der Waals surface area (Å²) in [5, 5.41) is 0. The number of pyridine rings is 1. The van der Waals surface area contributed by atoms with E-state index in [4.69, 9.17) is 4.74 Å². The number of methoxy groups -OCH3 is 1. The van der Waals surface area contributed by atoms with Crippen LogP contribution in [0.3, 0.4) is 0 Å². The second-order valence-corrected chi connectivity index (χ2v) is 2.88. The lowest BCUT2D eigenvalue weighted by Crippen LogP contribution is -2.19. The molecule has 0 aliphatic rings. The first-order chi connectivity index (χ1) is 5.65. The van der Waals surface area contributed by atoms with Gasteiger partial charge in [-0.1, -0.05) is 0 Å². The third kappa shape index (κ3) is 1.74. The van der Waals surface area contributed by atoms with Crippen LogP contribution in [-0.4, -0.2) is 11.7 Å². The van der Waals surface area contributed by atoms with Crippen LogP contribution < -0.4 is 5.56 Å². The standard InChI is InChI=1S/C9H13NO2/c1-7-4-8(6-12-3)5-10(2)9(7)11/h4-5H,6H2,1-3H3. The molecule has 0 saturated carbocycles. The summed E-state index contributed by atoms with van der Waals surface area (Å²) in [6.45, 7) is 2.36. The number of hydrogen-bond acceptors (Lipinski definition) is 2. The predicted octanol–water partition coefficient (Wildman–Crippen LogP) is 0.840. The smallest absolute Gasteiger partial charge is 0.253 e. The van der Waals surface area contributed by atoms with Crippen molar-refractivity contribution in [2.24, 2.45) is 7.05 Å². The Morgan fingerprint density at radius 1 is 1.58 bits per heavy atom. The summed E-state index contributed by atoms with van der Waals surface area (Å²) >= 11 is 0. The maximum absolute atomic E-state index is 11.2. The van der Waals surface area contributed by atoms with Gasteiger partial charge >= 0.3 is 0 Å². The molecule has 0 aliphatic heterocycles. The van der Waals surface area contributed by atoms with Crippen LogP contribution in [0.25, 0.3) is 0 Å². The molecular formula is C9H13NO2. The molecule has 0 unspecified atom stereocenters. The van der Waals surface area contributed by atoms with E-state index in [-0.39, 0.29) is 5.56 Å². The van der Waals surface area contributed by atoms with Gasteiger partial charge in [0.25, 0.3) is 5.56 Å². The largest absolute Gasteiger partial charge is 0.380 e. The quantitative estimate of drug-likeness (QED) is 0.653. The van der Waals surface area contributed by atoms with Crippen LogP contribution in [0.5, 0.6) is 0 Å². The van der Waals surface area contributed by atoms with Gasteiger partial charge in [-0.05, 0) is 18.6 Å². The molecule has 3 nitrogen and oxygen atoms in total. The third-order valence-electron chi connectivity index (χ3n) is 1.73. The summed E-state index contributed by atoms with van der Waals surface area (Å²) in [4.78, 5) is 11.2. The van der Waals surface area contributed by atoms with Crippen molar-refractivity contribution in [2.45, 2.75) is 13.5 Å². The Kier molecular flexibility index (Phi) is 2.65. The Morgan fingerprint density at radius 2 is 2.25 bits per heavy atom. The van der Waals surface area contributed by atoms with Crippen LogP contribution in [0.4, 0.5) is 0 Å². The highest BCUT2D eigenvalue weighted by Crippen LogP contribution is 1.99. The van der Waals surface area contributed by atoms with Gasteiger partial charge in [0.1, 0.15) is 0 Å². The molecule has 0 radical (unpaired) electrons. The Labute approximate surface area is 71.6 Å². The first kappa shape index (κ1) is 9.00. The minimum absolute atomic E-state index is 0.0508.